The number of carbonyl (C=O) groups is 1. The fourth-order valence-corrected chi connectivity index (χ4v) is 3.46. The lowest BCUT2D eigenvalue weighted by atomic mass is 10.0. The molecule has 3 rings (SSSR count). The summed E-state index contributed by atoms with van der Waals surface area (Å²) in [7, 11) is 0. The van der Waals surface area contributed by atoms with Crippen LogP contribution in [-0.2, 0) is 0 Å². The Morgan fingerprint density at radius 3 is 2.46 bits per heavy atom. The molecular weight excluding hydrogens is 320 g/mol. The molecule has 1 N–H and O–H groups in total. The number of hydrogen-bond donors (Lipinski definition) is 1. The largest absolute Gasteiger partial charge is 0.290 e. The van der Waals surface area contributed by atoms with Crippen LogP contribution in [0, 0.1) is 0 Å². The van der Waals surface area contributed by atoms with E-state index in [1.165, 1.54) is 30.7 Å². The third-order valence-corrected chi connectivity index (χ3v) is 4.98. The van der Waals surface area contributed by atoms with E-state index in [1.807, 2.05) is 42.5 Å². The molecule has 2 aromatic rings. The van der Waals surface area contributed by atoms with Crippen molar-refractivity contribution in [3.63, 3.8) is 0 Å². The van der Waals surface area contributed by atoms with Gasteiger partial charge in [0.25, 0.3) is 0 Å². The monoisotopic (exact) mass is 349 g/mol. The molecule has 0 aromatic heterocycles. The fourth-order valence-electron chi connectivity index (χ4n) is 3.46. The second-order valence-electron chi connectivity index (χ2n) is 6.97. The first-order chi connectivity index (χ1) is 12.8. The molecule has 2 aromatic carbocycles. The highest BCUT2D eigenvalue weighted by molar-refractivity contribution is 5.97. The number of carbonyl (C=O) groups excluding carboxylic acids is 1. The van der Waals surface area contributed by atoms with Crippen LogP contribution in [0.1, 0.15) is 49.4 Å². The third kappa shape index (κ3) is 4.81. The van der Waals surface area contributed by atoms with E-state index in [9.17, 15) is 4.79 Å². The topological polar surface area (TPSA) is 32.1 Å². The molecule has 0 radical (unpaired) electrons. The first kappa shape index (κ1) is 18.4. The third-order valence-electron chi connectivity index (χ3n) is 4.98. The zero-order valence-electron chi connectivity index (χ0n) is 15.7. The van der Waals surface area contributed by atoms with E-state index in [-0.39, 0.29) is 5.78 Å². The lowest BCUT2D eigenvalue weighted by Gasteiger charge is -2.17. The first-order valence-corrected chi connectivity index (χ1v) is 9.81. The van der Waals surface area contributed by atoms with Gasteiger partial charge in [-0.05, 0) is 17.5 Å². The Morgan fingerprint density at radius 2 is 1.73 bits per heavy atom. The number of nitrogens with zero attached hydrogens (tertiary/aromatic N) is 1. The summed E-state index contributed by atoms with van der Waals surface area (Å²) in [5, 5.41) is 3.51. The summed E-state index contributed by atoms with van der Waals surface area (Å²) in [4.78, 5) is 12.8. The molecule has 1 aliphatic rings. The van der Waals surface area contributed by atoms with Crippen molar-refractivity contribution >= 4 is 11.6 Å². The van der Waals surface area contributed by atoms with E-state index < -0.39 is 0 Å². The molecule has 136 valence electrons. The van der Waals surface area contributed by atoms with Gasteiger partial charge in [-0.15, -0.1) is 0 Å². The summed E-state index contributed by atoms with van der Waals surface area (Å²) < 4.78 is 2.24. The van der Waals surface area contributed by atoms with Crippen molar-refractivity contribution in [1.29, 1.82) is 0 Å². The molecule has 3 nitrogen and oxygen atoms in total. The van der Waals surface area contributed by atoms with Crippen molar-refractivity contribution in [3.05, 3.63) is 60.2 Å². The highest BCUT2D eigenvalue weighted by Crippen LogP contribution is 2.19. The van der Waals surface area contributed by atoms with Gasteiger partial charge in [0.15, 0.2) is 0 Å². The van der Waals surface area contributed by atoms with Crippen LogP contribution < -0.4 is 5.32 Å². The second kappa shape index (κ2) is 9.33. The van der Waals surface area contributed by atoms with Crippen molar-refractivity contribution in [1.82, 2.24) is 5.32 Å². The van der Waals surface area contributed by atoms with Crippen LogP contribution in [0.5, 0.6) is 0 Å². The van der Waals surface area contributed by atoms with Gasteiger partial charge in [-0.3, -0.25) is 14.7 Å². The Balaban J connectivity index is 1.68. The number of amidine groups is 1. The highest BCUT2D eigenvalue weighted by atomic mass is 16.1. The zero-order chi connectivity index (χ0) is 18.2. The molecule has 0 spiro atoms. The standard InChI is InChI=1S/C23H28N2O/c1-2-3-5-11-23-24-16-8-17-25(23)18-22(26)21-14-12-20(13-15-21)19-9-6-4-7-10-19/h4,6-7,9-10,12-15H,2-3,5,8,11,16-18H2,1H3/p+1. The van der Waals surface area contributed by atoms with E-state index in [1.54, 1.807) is 0 Å². The average Bonchev–Trinajstić information content (AvgIpc) is 2.70. The maximum Gasteiger partial charge on any atom is 0.245 e. The Labute approximate surface area is 156 Å². The van der Waals surface area contributed by atoms with Crippen molar-refractivity contribution in [3.8, 4) is 11.1 Å². The fraction of sp³-hybridized carbons (Fsp3) is 0.391. The van der Waals surface area contributed by atoms with Crippen LogP contribution in [0.25, 0.3) is 11.1 Å². The van der Waals surface area contributed by atoms with E-state index in [2.05, 4.69) is 28.9 Å². The van der Waals surface area contributed by atoms with Crippen LogP contribution >= 0.6 is 0 Å². The maximum atomic E-state index is 12.8. The van der Waals surface area contributed by atoms with Crippen molar-refractivity contribution in [2.45, 2.75) is 39.0 Å². The molecule has 3 heteroatoms. The first-order valence-electron chi connectivity index (χ1n) is 9.81. The lowest BCUT2D eigenvalue weighted by Crippen LogP contribution is -2.42. The molecule has 0 fully saturated rings. The number of ketones is 1. The van der Waals surface area contributed by atoms with Gasteiger partial charge >= 0.3 is 0 Å². The summed E-state index contributed by atoms with van der Waals surface area (Å²) in [6, 6.07) is 18.3. The molecule has 26 heavy (non-hydrogen) atoms. The van der Waals surface area contributed by atoms with Gasteiger partial charge < -0.3 is 0 Å². The Morgan fingerprint density at radius 1 is 1.00 bits per heavy atom. The van der Waals surface area contributed by atoms with Gasteiger partial charge in [0.1, 0.15) is 6.54 Å². The number of unbranched alkanes of at least 4 members (excludes halogenated alkanes) is 2. The average molecular weight is 349 g/mol. The van der Waals surface area contributed by atoms with Gasteiger partial charge in [0, 0.05) is 18.4 Å². The maximum absolute atomic E-state index is 12.8. The minimum absolute atomic E-state index is 0.196. The van der Waals surface area contributed by atoms with Crippen LogP contribution in [0.3, 0.4) is 0 Å². The van der Waals surface area contributed by atoms with Crippen LogP contribution in [0.15, 0.2) is 54.6 Å². The summed E-state index contributed by atoms with van der Waals surface area (Å²) in [5.41, 5.74) is 3.12. The molecule has 0 saturated carbocycles. The molecular formula is C23H29N2O+. The normalized spacial score (nSPS) is 14.2. The van der Waals surface area contributed by atoms with Crippen LogP contribution in [0.2, 0.25) is 0 Å². The molecule has 0 bridgehead atoms. The number of nitrogens with one attached hydrogen (secondary N) is 1. The molecule has 1 heterocycles. The van der Waals surface area contributed by atoms with Gasteiger partial charge in [-0.25, -0.2) is 0 Å². The molecule has 0 unspecified atom stereocenters. The molecule has 1 aliphatic heterocycles. The second-order valence-corrected chi connectivity index (χ2v) is 6.97. The van der Waals surface area contributed by atoms with Gasteiger partial charge in [0.2, 0.25) is 11.6 Å². The predicted molar refractivity (Wildman–Crippen MR) is 108 cm³/mol. The van der Waals surface area contributed by atoms with Crippen LogP contribution in [0.4, 0.5) is 0 Å². The van der Waals surface area contributed by atoms with Crippen molar-refractivity contribution in [2.24, 2.45) is 0 Å². The lowest BCUT2D eigenvalue weighted by molar-refractivity contribution is -0.522. The Bertz CT molecular complexity index is 748. The van der Waals surface area contributed by atoms with Gasteiger partial charge in [-0.1, -0.05) is 74.4 Å². The predicted octanol–water partition coefficient (Wildman–Crippen LogP) is 4.52. The Kier molecular flexibility index (Phi) is 6.59. The summed E-state index contributed by atoms with van der Waals surface area (Å²) in [6.45, 7) is 4.69. The summed E-state index contributed by atoms with van der Waals surface area (Å²) >= 11 is 0. The van der Waals surface area contributed by atoms with Crippen LogP contribution in [-0.4, -0.2) is 35.8 Å². The Hall–Kier alpha value is -2.42. The molecule has 0 amide bonds. The summed E-state index contributed by atoms with van der Waals surface area (Å²) in [5.74, 6) is 1.44. The van der Waals surface area contributed by atoms with Crippen molar-refractivity contribution in [2.75, 3.05) is 19.6 Å². The van der Waals surface area contributed by atoms with Gasteiger partial charge in [-0.2, -0.15) is 0 Å². The summed E-state index contributed by atoms with van der Waals surface area (Å²) in [6.07, 6.45) is 5.80. The zero-order valence-corrected chi connectivity index (χ0v) is 15.7. The quantitative estimate of drug-likeness (QED) is 0.432. The van der Waals surface area contributed by atoms with Gasteiger partial charge in [0.05, 0.1) is 13.1 Å². The minimum Gasteiger partial charge on any atom is -0.290 e. The number of benzene rings is 2. The molecule has 0 saturated heterocycles. The number of hydrogen-bond acceptors (Lipinski definition) is 2. The van der Waals surface area contributed by atoms with E-state index in [4.69, 9.17) is 0 Å². The molecule has 0 atom stereocenters. The highest BCUT2D eigenvalue weighted by Gasteiger charge is 2.21. The smallest absolute Gasteiger partial charge is 0.245 e. The minimum atomic E-state index is 0.196. The molecule has 0 aliphatic carbocycles. The SMILES string of the molecule is CCCCCC1=[N+](CC(=O)c2ccc(-c3ccccc3)cc2)CCCN1. The van der Waals surface area contributed by atoms with E-state index >= 15 is 0 Å². The van der Waals surface area contributed by atoms with Crippen molar-refractivity contribution < 1.29 is 9.37 Å². The number of rotatable bonds is 8. The van der Waals surface area contributed by atoms with E-state index in [0.717, 1.165) is 37.1 Å². The number of Topliss-reactive ketones (excluding diaryl/α,β-unsaturated/α-hetero) is 1. The van der Waals surface area contributed by atoms with E-state index in [0.29, 0.717) is 6.54 Å².